The van der Waals surface area contributed by atoms with Crippen LogP contribution >= 0.6 is 0 Å². The second-order valence-corrected chi connectivity index (χ2v) is 5.38. The third-order valence-electron chi connectivity index (χ3n) is 4.10. The Bertz CT molecular complexity index is 939. The molecule has 0 saturated carbocycles. The number of hydrogen-bond donors (Lipinski definition) is 0. The van der Waals surface area contributed by atoms with Crippen molar-refractivity contribution in [2.75, 3.05) is 0 Å². The second-order valence-electron chi connectivity index (χ2n) is 5.38. The minimum absolute atomic E-state index is 0.129. The highest BCUT2D eigenvalue weighted by molar-refractivity contribution is 6.40. The molecule has 0 spiro atoms. The number of Topliss-reactive ketones (excluding diaryl/α,β-unsaturated/α-hetero) is 3. The normalized spacial score (nSPS) is 16.0. The number of carbonyl (C=O) groups excluding carboxylic acids is 3. The van der Waals surface area contributed by atoms with Crippen LogP contribution in [0.4, 0.5) is 0 Å². The van der Waals surface area contributed by atoms with E-state index in [4.69, 9.17) is 0 Å². The van der Waals surface area contributed by atoms with E-state index in [9.17, 15) is 19.5 Å². The molecule has 2 aliphatic carbocycles. The summed E-state index contributed by atoms with van der Waals surface area (Å²) in [5.41, 5.74) is 0.963. The number of carbonyl (C=O) groups is 3. The summed E-state index contributed by atoms with van der Waals surface area (Å²) in [7, 11) is 0. The maximum absolute atomic E-state index is 12.4. The van der Waals surface area contributed by atoms with E-state index in [1.165, 1.54) is 0 Å². The molecule has 0 unspecified atom stereocenters. The van der Waals surface area contributed by atoms with E-state index in [1.54, 1.807) is 48.5 Å². The molecule has 0 atom stereocenters. The molecule has 0 radical (unpaired) electrons. The van der Waals surface area contributed by atoms with Crippen LogP contribution in [0.3, 0.4) is 0 Å². The van der Waals surface area contributed by atoms with Crippen LogP contribution in [0.2, 0.25) is 0 Å². The first-order valence-electron chi connectivity index (χ1n) is 7.05. The van der Waals surface area contributed by atoms with Gasteiger partial charge in [0, 0.05) is 22.3 Å². The molecule has 23 heavy (non-hydrogen) atoms. The number of fused-ring (bicyclic) bond motifs is 2. The van der Waals surface area contributed by atoms with Crippen molar-refractivity contribution in [3.63, 3.8) is 0 Å². The average Bonchev–Trinajstić information content (AvgIpc) is 2.97. The van der Waals surface area contributed by atoms with E-state index >= 15 is 0 Å². The number of allylic oxidation sites excluding steroid dienone is 3. The molecule has 0 saturated heterocycles. The van der Waals surface area contributed by atoms with E-state index in [0.717, 1.165) is 6.08 Å². The first-order valence-corrected chi connectivity index (χ1v) is 7.05. The Morgan fingerprint density at radius 1 is 0.652 bits per heavy atom. The number of ketones is 3. The smallest absolute Gasteiger partial charge is 0.197 e. The van der Waals surface area contributed by atoms with Gasteiger partial charge in [-0.25, -0.2) is 0 Å². The van der Waals surface area contributed by atoms with Crippen molar-refractivity contribution >= 4 is 23.1 Å². The molecule has 0 aromatic heterocycles. The van der Waals surface area contributed by atoms with Gasteiger partial charge in [-0.1, -0.05) is 54.3 Å². The molecule has 0 N–H and O–H groups in total. The third kappa shape index (κ3) is 1.75. The van der Waals surface area contributed by atoms with Gasteiger partial charge < -0.3 is 5.11 Å². The van der Waals surface area contributed by atoms with E-state index in [-0.39, 0.29) is 11.1 Å². The van der Waals surface area contributed by atoms with Gasteiger partial charge >= 0.3 is 0 Å². The lowest BCUT2D eigenvalue weighted by Gasteiger charge is -2.09. The zero-order chi connectivity index (χ0) is 16.1. The van der Waals surface area contributed by atoms with Gasteiger partial charge in [0.05, 0.1) is 5.57 Å². The Balaban J connectivity index is 1.85. The van der Waals surface area contributed by atoms with Gasteiger partial charge in [0.15, 0.2) is 17.3 Å². The molecule has 4 rings (SSSR count). The highest BCUT2D eigenvalue weighted by Crippen LogP contribution is 2.33. The Labute approximate surface area is 131 Å². The molecule has 0 amide bonds. The zero-order valence-electron chi connectivity index (χ0n) is 11.8. The van der Waals surface area contributed by atoms with Crippen molar-refractivity contribution in [3.8, 4) is 0 Å². The van der Waals surface area contributed by atoms with Crippen LogP contribution < -0.4 is 5.11 Å². The fraction of sp³-hybridized carbons (Fsp3) is 0. The van der Waals surface area contributed by atoms with Gasteiger partial charge in [0.1, 0.15) is 0 Å². The average molecular weight is 301 g/mol. The van der Waals surface area contributed by atoms with Crippen LogP contribution in [-0.2, 0) is 0 Å². The largest absolute Gasteiger partial charge is 0.872 e. The molecule has 0 bridgehead atoms. The Morgan fingerprint density at radius 2 is 1.09 bits per heavy atom. The minimum atomic E-state index is -0.449. The monoisotopic (exact) mass is 301 g/mol. The molecular formula is C19H9O4-. The maximum atomic E-state index is 12.4. The van der Waals surface area contributed by atoms with Gasteiger partial charge in [-0.15, -0.1) is 0 Å². The van der Waals surface area contributed by atoms with Crippen LogP contribution in [0, 0.1) is 0 Å². The van der Waals surface area contributed by atoms with Gasteiger partial charge in [0.2, 0.25) is 0 Å². The summed E-state index contributed by atoms with van der Waals surface area (Å²) in [5, 5.41) is 12.4. The lowest BCUT2D eigenvalue weighted by Crippen LogP contribution is -2.07. The molecular weight excluding hydrogens is 292 g/mol. The topological polar surface area (TPSA) is 74.3 Å². The van der Waals surface area contributed by atoms with E-state index < -0.39 is 23.1 Å². The number of hydrogen-bond acceptors (Lipinski definition) is 4. The Kier molecular flexibility index (Phi) is 2.69. The summed E-state index contributed by atoms with van der Waals surface area (Å²) in [5.74, 6) is -1.80. The SMILES string of the molecule is O=C1C(=CC2=C([O-])c3ccccc3C2=O)C(=O)c2ccccc21. The second kappa shape index (κ2) is 4.61. The summed E-state index contributed by atoms with van der Waals surface area (Å²) in [6.07, 6.45) is 1.15. The minimum Gasteiger partial charge on any atom is -0.872 e. The lowest BCUT2D eigenvalue weighted by molar-refractivity contribution is -0.244. The fourth-order valence-corrected chi connectivity index (χ4v) is 2.95. The molecule has 0 aliphatic heterocycles. The zero-order valence-corrected chi connectivity index (χ0v) is 11.8. The fourth-order valence-electron chi connectivity index (χ4n) is 2.95. The molecule has 0 heterocycles. The standard InChI is InChI=1S/C19H10O4/c20-16-10-5-1-2-6-11(10)17(21)14(16)9-15-18(22)12-7-3-4-8-13(12)19(15)23/h1-9,20H/p-1. The van der Waals surface area contributed by atoms with Crippen molar-refractivity contribution < 1.29 is 19.5 Å². The predicted molar refractivity (Wildman–Crippen MR) is 80.9 cm³/mol. The molecule has 0 fully saturated rings. The van der Waals surface area contributed by atoms with Crippen molar-refractivity contribution in [3.05, 3.63) is 88.0 Å². The highest BCUT2D eigenvalue weighted by atomic mass is 16.3. The van der Waals surface area contributed by atoms with Crippen LogP contribution in [0.5, 0.6) is 0 Å². The summed E-state index contributed by atoms with van der Waals surface area (Å²) < 4.78 is 0. The van der Waals surface area contributed by atoms with Crippen molar-refractivity contribution in [1.29, 1.82) is 0 Å². The molecule has 4 heteroatoms. The van der Waals surface area contributed by atoms with E-state index in [2.05, 4.69) is 0 Å². The van der Waals surface area contributed by atoms with Crippen LogP contribution in [-0.4, -0.2) is 17.3 Å². The molecule has 2 aromatic rings. The van der Waals surface area contributed by atoms with Gasteiger partial charge in [-0.3, -0.25) is 14.4 Å². The molecule has 110 valence electrons. The maximum Gasteiger partial charge on any atom is 0.197 e. The third-order valence-corrected chi connectivity index (χ3v) is 4.10. The number of benzene rings is 2. The number of rotatable bonds is 1. The summed E-state index contributed by atoms with van der Waals surface area (Å²) in [6.45, 7) is 0. The van der Waals surface area contributed by atoms with Gasteiger partial charge in [-0.2, -0.15) is 0 Å². The molecule has 2 aliphatic rings. The molecule has 4 nitrogen and oxygen atoms in total. The summed E-state index contributed by atoms with van der Waals surface area (Å²) in [6, 6.07) is 12.9. The molecule has 2 aromatic carbocycles. The van der Waals surface area contributed by atoms with Crippen molar-refractivity contribution in [2.45, 2.75) is 0 Å². The van der Waals surface area contributed by atoms with Gasteiger partial charge in [0.25, 0.3) is 0 Å². The Morgan fingerprint density at radius 3 is 1.57 bits per heavy atom. The Hall–Kier alpha value is -3.27. The first-order chi connectivity index (χ1) is 11.1. The van der Waals surface area contributed by atoms with Crippen LogP contribution in [0.25, 0.3) is 5.76 Å². The predicted octanol–water partition coefficient (Wildman–Crippen LogP) is 1.96. The van der Waals surface area contributed by atoms with E-state index in [0.29, 0.717) is 22.3 Å². The summed E-state index contributed by atoms with van der Waals surface area (Å²) in [4.78, 5) is 37.1. The van der Waals surface area contributed by atoms with Crippen molar-refractivity contribution in [2.24, 2.45) is 0 Å². The lowest BCUT2D eigenvalue weighted by atomic mass is 10.0. The van der Waals surface area contributed by atoms with Crippen LogP contribution in [0.15, 0.2) is 65.8 Å². The van der Waals surface area contributed by atoms with Gasteiger partial charge in [-0.05, 0) is 11.6 Å². The highest BCUT2D eigenvalue weighted by Gasteiger charge is 2.34. The quantitative estimate of drug-likeness (QED) is 0.596. The first kappa shape index (κ1) is 13.4. The van der Waals surface area contributed by atoms with E-state index in [1.807, 2.05) is 0 Å². The van der Waals surface area contributed by atoms with Crippen molar-refractivity contribution in [1.82, 2.24) is 0 Å². The van der Waals surface area contributed by atoms with Crippen LogP contribution in [0.1, 0.15) is 36.6 Å². The summed E-state index contributed by atoms with van der Waals surface area (Å²) >= 11 is 0.